The first kappa shape index (κ1) is 21.6. The number of thiazole rings is 1. The minimum atomic E-state index is -0.287. The van der Waals surface area contributed by atoms with Crippen molar-refractivity contribution in [3.8, 4) is 0 Å². The van der Waals surface area contributed by atoms with Gasteiger partial charge in [0.2, 0.25) is 5.91 Å². The first-order valence-corrected chi connectivity index (χ1v) is 9.95. The molecule has 0 bridgehead atoms. The largest absolute Gasteiger partial charge is 1.00 e. The Bertz CT molecular complexity index is 1140. The molecule has 5 rings (SSSR count). The number of fused-ring (bicyclic) bond motifs is 5. The van der Waals surface area contributed by atoms with Crippen LogP contribution < -0.4 is 0 Å². The van der Waals surface area contributed by atoms with Gasteiger partial charge in [-0.25, -0.2) is 4.98 Å². The molecular weight excluding hydrogens is 565 g/mol. The van der Waals surface area contributed by atoms with E-state index >= 15 is 0 Å². The van der Waals surface area contributed by atoms with Crippen LogP contribution >= 0.6 is 11.3 Å². The molecule has 2 aromatic carbocycles. The number of para-hydroxylation sites is 2. The van der Waals surface area contributed by atoms with Crippen molar-refractivity contribution in [2.75, 3.05) is 20.6 Å². The number of amides is 1. The zero-order chi connectivity index (χ0) is 20.1. The summed E-state index contributed by atoms with van der Waals surface area (Å²) in [6.45, 7) is 8.47. The van der Waals surface area contributed by atoms with Crippen LogP contribution in [0.4, 0.5) is 0 Å². The van der Waals surface area contributed by atoms with Crippen LogP contribution in [-0.2, 0) is 27.2 Å². The van der Waals surface area contributed by atoms with Gasteiger partial charge in [0.1, 0.15) is 5.82 Å². The van der Waals surface area contributed by atoms with E-state index < -0.39 is 0 Å². The average molecular weight is 588 g/mol. The molecule has 0 N–H and O–H groups in total. The Hall–Kier alpha value is -2.12. The normalized spacial score (nSPS) is 16.1. The van der Waals surface area contributed by atoms with Crippen molar-refractivity contribution < 1.29 is 27.2 Å². The van der Waals surface area contributed by atoms with Crippen molar-refractivity contribution in [1.29, 1.82) is 0 Å². The summed E-state index contributed by atoms with van der Waals surface area (Å²) in [5.41, 5.74) is 3.16. The molecule has 1 amide bonds. The molecule has 0 atom stereocenters. The third kappa shape index (κ3) is 3.73. The Morgan fingerprint density at radius 1 is 1.17 bits per heavy atom. The minimum absolute atomic E-state index is 0. The molecule has 0 radical (unpaired) electrons. The van der Waals surface area contributed by atoms with Crippen LogP contribution in [0.3, 0.4) is 0 Å². The Balaban J connectivity index is 0.000000168. The van der Waals surface area contributed by atoms with E-state index in [1.54, 1.807) is 23.3 Å². The van der Waals surface area contributed by atoms with Gasteiger partial charge in [0.05, 0.1) is 16.4 Å². The van der Waals surface area contributed by atoms with E-state index in [0.29, 0.717) is 0 Å². The van der Waals surface area contributed by atoms with Gasteiger partial charge in [-0.15, -0.1) is 6.07 Å². The molecule has 1 aliphatic rings. The van der Waals surface area contributed by atoms with Crippen LogP contribution in [-0.4, -0.2) is 45.7 Å². The smallest absolute Gasteiger partial charge is 0.360 e. The van der Waals surface area contributed by atoms with Crippen LogP contribution in [0.5, 0.6) is 0 Å². The number of hydrogen-bond donors (Lipinski definition) is 0. The van der Waals surface area contributed by atoms with E-state index in [4.69, 9.17) is 0 Å². The maximum atomic E-state index is 11.6. The first-order valence-electron chi connectivity index (χ1n) is 9.13. The number of hydrogen-bond acceptors (Lipinski definition) is 4. The fraction of sp³-hybridized carbons (Fsp3) is 0.273. The molecule has 0 unspecified atom stereocenters. The molecule has 154 valence electrons. The van der Waals surface area contributed by atoms with Gasteiger partial charge in [0.25, 0.3) is 0 Å². The topological polar surface area (TPSA) is 40.9 Å². The van der Waals surface area contributed by atoms with Gasteiger partial charge in [0, 0.05) is 20.6 Å². The minimum Gasteiger partial charge on any atom is -0.360 e. The first-order chi connectivity index (χ1) is 13.3. The summed E-state index contributed by atoms with van der Waals surface area (Å²) in [4.78, 5) is 20.9. The van der Waals surface area contributed by atoms with E-state index in [9.17, 15) is 4.79 Å². The predicted molar refractivity (Wildman–Crippen MR) is 115 cm³/mol. The second-order valence-corrected chi connectivity index (χ2v) is 8.74. The van der Waals surface area contributed by atoms with Gasteiger partial charge in [-0.05, 0) is 31.5 Å². The molecule has 2 aromatic heterocycles. The SMILES string of the molecule is C=C1N(C)CC(C)(C)C(=O)N1C.[Au+].[c-]1ccc2c(c1)sc1nc3ccccc3n12. The molecule has 29 heavy (non-hydrogen) atoms. The molecule has 5 nitrogen and oxygen atoms in total. The summed E-state index contributed by atoms with van der Waals surface area (Å²) in [5.74, 6) is 0.921. The number of carbonyl (C=O) groups excluding carboxylic acids is 1. The molecule has 0 aliphatic carbocycles. The van der Waals surface area contributed by atoms with E-state index in [0.717, 1.165) is 22.8 Å². The molecule has 1 fully saturated rings. The van der Waals surface area contributed by atoms with E-state index in [-0.39, 0.29) is 33.7 Å². The Morgan fingerprint density at radius 2 is 1.90 bits per heavy atom. The van der Waals surface area contributed by atoms with Gasteiger partial charge in [-0.3, -0.25) is 4.79 Å². The summed E-state index contributed by atoms with van der Waals surface area (Å²) in [6.07, 6.45) is 0. The van der Waals surface area contributed by atoms with Gasteiger partial charge in [-0.2, -0.15) is 29.5 Å². The second-order valence-electron chi connectivity index (χ2n) is 7.73. The van der Waals surface area contributed by atoms with Gasteiger partial charge in [-0.1, -0.05) is 23.4 Å². The summed E-state index contributed by atoms with van der Waals surface area (Å²) in [6, 6.07) is 17.4. The fourth-order valence-corrected chi connectivity index (χ4v) is 4.68. The number of nitrogens with zero attached hydrogens (tertiary/aromatic N) is 4. The Kier molecular flexibility index (Phi) is 5.92. The molecule has 0 spiro atoms. The zero-order valence-corrected chi connectivity index (χ0v) is 19.8. The summed E-state index contributed by atoms with van der Waals surface area (Å²) in [5, 5.41) is 0. The Labute approximate surface area is 190 Å². The molecule has 1 saturated heterocycles. The number of imidazole rings is 1. The fourth-order valence-electron chi connectivity index (χ4n) is 3.66. The summed E-state index contributed by atoms with van der Waals surface area (Å²) in [7, 11) is 3.72. The third-order valence-electron chi connectivity index (χ3n) is 5.12. The molecule has 4 aromatic rings. The van der Waals surface area contributed by atoms with Crippen LogP contribution in [0.25, 0.3) is 26.2 Å². The van der Waals surface area contributed by atoms with E-state index in [2.05, 4.69) is 46.3 Å². The third-order valence-corrected chi connectivity index (χ3v) is 6.12. The van der Waals surface area contributed by atoms with Crippen molar-refractivity contribution >= 4 is 43.5 Å². The summed E-state index contributed by atoms with van der Waals surface area (Å²) >= 11 is 1.71. The van der Waals surface area contributed by atoms with Crippen molar-refractivity contribution in [3.05, 3.63) is 60.9 Å². The maximum absolute atomic E-state index is 11.6. The van der Waals surface area contributed by atoms with Crippen LogP contribution in [0.1, 0.15) is 13.8 Å². The maximum Gasteiger partial charge on any atom is 1.00 e. The van der Waals surface area contributed by atoms with Crippen molar-refractivity contribution in [3.63, 3.8) is 0 Å². The van der Waals surface area contributed by atoms with Crippen LogP contribution in [0.15, 0.2) is 54.9 Å². The molecular formula is C22H23AuN4OS. The number of aromatic nitrogens is 2. The molecule has 7 heteroatoms. The van der Waals surface area contributed by atoms with Crippen molar-refractivity contribution in [2.24, 2.45) is 5.41 Å². The molecule has 1 aliphatic heterocycles. The standard InChI is InChI=1S/C13H7N2S.C9H16N2O.Au/c1-2-6-10-9(5-1)14-13-15(10)11-7-3-4-8-12(11)16-13;1-7-10(4)6-9(2,3)8(12)11(7)5;/h1-3,5-8H;1,6H2,2-5H3;/q-1;;+1. The number of rotatable bonds is 0. The number of carbonyl (C=O) groups is 1. The quantitative estimate of drug-likeness (QED) is 0.226. The van der Waals surface area contributed by atoms with Crippen molar-refractivity contribution in [1.82, 2.24) is 19.2 Å². The zero-order valence-electron chi connectivity index (χ0n) is 16.9. The predicted octanol–water partition coefficient (Wildman–Crippen LogP) is 4.39. The van der Waals surface area contributed by atoms with Gasteiger partial charge >= 0.3 is 22.4 Å². The Morgan fingerprint density at radius 3 is 2.66 bits per heavy atom. The van der Waals surface area contributed by atoms with Crippen molar-refractivity contribution in [2.45, 2.75) is 13.8 Å². The average Bonchev–Trinajstić information content (AvgIpc) is 3.21. The second kappa shape index (κ2) is 7.95. The van der Waals surface area contributed by atoms with Gasteiger partial charge in [0.15, 0.2) is 4.96 Å². The molecule has 0 saturated carbocycles. The monoisotopic (exact) mass is 588 g/mol. The van der Waals surface area contributed by atoms with Gasteiger partial charge < -0.3 is 14.2 Å². The number of benzene rings is 2. The van der Waals surface area contributed by atoms with E-state index in [1.165, 1.54) is 15.7 Å². The summed E-state index contributed by atoms with van der Waals surface area (Å²) < 4.78 is 3.44. The van der Waals surface area contributed by atoms with E-state index in [1.807, 2.05) is 44.0 Å². The van der Waals surface area contributed by atoms with Crippen LogP contribution in [0.2, 0.25) is 0 Å². The molecule has 3 heterocycles. The van der Waals surface area contributed by atoms with Crippen LogP contribution in [0, 0.1) is 11.5 Å².